The van der Waals surface area contributed by atoms with Crippen LogP contribution in [0.2, 0.25) is 0 Å². The smallest absolute Gasteiger partial charge is 0.256 e. The molecule has 0 amide bonds. The number of hydrogen-bond acceptors (Lipinski definition) is 3. The molecule has 0 spiro atoms. The van der Waals surface area contributed by atoms with E-state index in [1.165, 1.54) is 16.7 Å². The van der Waals surface area contributed by atoms with Crippen molar-refractivity contribution in [2.75, 3.05) is 5.73 Å². The average Bonchev–Trinajstić information content (AvgIpc) is 2.54. The number of nitrogens with zero attached hydrogens (tertiary/aromatic N) is 1. The van der Waals surface area contributed by atoms with Crippen LogP contribution in [0.15, 0.2) is 59.4 Å². The van der Waals surface area contributed by atoms with Gasteiger partial charge in [0.15, 0.2) is 5.78 Å². The molecule has 0 unspecified atom stereocenters. The number of halogens is 2. The molecule has 6 heteroatoms. The number of nitrogen functional groups attached to an aromatic ring is 1. The zero-order valence-corrected chi connectivity index (χ0v) is 13.3. The highest BCUT2D eigenvalue weighted by Crippen LogP contribution is 2.21. The Balaban J connectivity index is 2.17. The largest absolute Gasteiger partial charge is 0.384 e. The first-order valence-corrected chi connectivity index (χ1v) is 7.47. The van der Waals surface area contributed by atoms with Crippen molar-refractivity contribution in [3.8, 4) is 5.69 Å². The van der Waals surface area contributed by atoms with Gasteiger partial charge < -0.3 is 5.73 Å². The van der Waals surface area contributed by atoms with E-state index in [0.717, 1.165) is 17.7 Å². The number of anilines is 1. The molecule has 0 bridgehead atoms. The molecule has 0 aliphatic carbocycles. The molecule has 25 heavy (non-hydrogen) atoms. The van der Waals surface area contributed by atoms with Crippen LogP contribution in [0, 0.1) is 18.6 Å². The average molecular weight is 340 g/mol. The molecule has 3 rings (SSSR count). The second-order valence-electron chi connectivity index (χ2n) is 5.60. The van der Waals surface area contributed by atoms with E-state index in [1.807, 2.05) is 13.0 Å². The molecule has 4 nitrogen and oxygen atoms in total. The molecule has 0 aliphatic heterocycles. The summed E-state index contributed by atoms with van der Waals surface area (Å²) in [5, 5.41) is 0. The van der Waals surface area contributed by atoms with Gasteiger partial charge in [-0.3, -0.25) is 14.2 Å². The van der Waals surface area contributed by atoms with Gasteiger partial charge in [-0.05, 0) is 42.8 Å². The fraction of sp³-hybridized carbons (Fsp3) is 0.0526. The zero-order chi connectivity index (χ0) is 18.1. The minimum atomic E-state index is -0.988. The molecule has 0 aliphatic rings. The van der Waals surface area contributed by atoms with E-state index >= 15 is 0 Å². The second kappa shape index (κ2) is 6.32. The first kappa shape index (κ1) is 16.6. The molecule has 0 atom stereocenters. The fourth-order valence-corrected chi connectivity index (χ4v) is 2.60. The van der Waals surface area contributed by atoms with Gasteiger partial charge in [0, 0.05) is 12.1 Å². The molecule has 126 valence electrons. The van der Waals surface area contributed by atoms with E-state index in [4.69, 9.17) is 5.73 Å². The highest BCUT2D eigenvalue weighted by Gasteiger charge is 2.20. The van der Waals surface area contributed by atoms with Crippen LogP contribution in [-0.4, -0.2) is 10.4 Å². The van der Waals surface area contributed by atoms with Gasteiger partial charge in [-0.15, -0.1) is 0 Å². The van der Waals surface area contributed by atoms with E-state index in [-0.39, 0.29) is 16.9 Å². The monoisotopic (exact) mass is 340 g/mol. The summed E-state index contributed by atoms with van der Waals surface area (Å²) < 4.78 is 28.1. The van der Waals surface area contributed by atoms with Crippen LogP contribution >= 0.6 is 0 Å². The van der Waals surface area contributed by atoms with Crippen molar-refractivity contribution in [2.24, 2.45) is 0 Å². The molecule has 3 aromatic rings. The summed E-state index contributed by atoms with van der Waals surface area (Å²) in [6.45, 7) is 1.85. The molecule has 2 aromatic carbocycles. The summed E-state index contributed by atoms with van der Waals surface area (Å²) in [7, 11) is 0. The number of nitrogens with two attached hydrogens (primary N) is 1. The Labute approximate surface area is 142 Å². The van der Waals surface area contributed by atoms with Crippen molar-refractivity contribution in [3.05, 3.63) is 93.3 Å². The normalized spacial score (nSPS) is 10.7. The minimum absolute atomic E-state index is 0.0355. The highest BCUT2D eigenvalue weighted by atomic mass is 19.1. The number of aryl methyl sites for hydroxylation is 1. The Kier molecular flexibility index (Phi) is 4.19. The quantitative estimate of drug-likeness (QED) is 0.745. The van der Waals surface area contributed by atoms with Crippen LogP contribution in [0.25, 0.3) is 5.69 Å². The number of aromatic nitrogens is 1. The van der Waals surface area contributed by atoms with E-state index in [0.29, 0.717) is 11.8 Å². The van der Waals surface area contributed by atoms with E-state index in [2.05, 4.69) is 0 Å². The van der Waals surface area contributed by atoms with Gasteiger partial charge in [0.2, 0.25) is 0 Å². The summed E-state index contributed by atoms with van der Waals surface area (Å²) in [6, 6.07) is 12.1. The van der Waals surface area contributed by atoms with Crippen molar-refractivity contribution in [3.63, 3.8) is 0 Å². The molecular formula is C19H14F2N2O2. The molecule has 0 saturated heterocycles. The van der Waals surface area contributed by atoms with Gasteiger partial charge in [-0.1, -0.05) is 12.1 Å². The van der Waals surface area contributed by atoms with Crippen molar-refractivity contribution < 1.29 is 13.6 Å². The van der Waals surface area contributed by atoms with Crippen LogP contribution < -0.4 is 11.3 Å². The van der Waals surface area contributed by atoms with Crippen LogP contribution in [0.1, 0.15) is 21.5 Å². The van der Waals surface area contributed by atoms with Gasteiger partial charge in [-0.25, -0.2) is 8.78 Å². The van der Waals surface area contributed by atoms with Crippen molar-refractivity contribution in [2.45, 2.75) is 6.92 Å². The third-order valence-electron chi connectivity index (χ3n) is 3.81. The number of carbonyl (C=O) groups is 1. The van der Waals surface area contributed by atoms with Gasteiger partial charge in [0.1, 0.15) is 17.5 Å². The lowest BCUT2D eigenvalue weighted by atomic mass is 10.0. The molecule has 0 fully saturated rings. The molecule has 1 heterocycles. The third-order valence-corrected chi connectivity index (χ3v) is 3.81. The van der Waals surface area contributed by atoms with Gasteiger partial charge in [0.25, 0.3) is 5.56 Å². The summed E-state index contributed by atoms with van der Waals surface area (Å²) in [5.41, 5.74) is 6.66. The van der Waals surface area contributed by atoms with Crippen molar-refractivity contribution in [1.82, 2.24) is 4.57 Å². The van der Waals surface area contributed by atoms with Crippen LogP contribution in [0.4, 0.5) is 14.6 Å². The number of carbonyl (C=O) groups excluding carboxylic acids is 1. The van der Waals surface area contributed by atoms with E-state index in [1.54, 1.807) is 18.2 Å². The lowest BCUT2D eigenvalue weighted by Gasteiger charge is -2.13. The van der Waals surface area contributed by atoms with Crippen LogP contribution in [0.3, 0.4) is 0 Å². The number of ketones is 1. The SMILES string of the molecule is Cc1cccc(-n2c(N)c(C(=O)c3ccc(F)cc3F)ccc2=O)c1. The first-order valence-electron chi connectivity index (χ1n) is 7.47. The number of rotatable bonds is 3. The fourth-order valence-electron chi connectivity index (χ4n) is 2.60. The maximum absolute atomic E-state index is 13.9. The molecule has 0 saturated carbocycles. The Morgan fingerprint density at radius 1 is 1.00 bits per heavy atom. The summed E-state index contributed by atoms with van der Waals surface area (Å²) in [5.74, 6) is -2.60. The van der Waals surface area contributed by atoms with Crippen molar-refractivity contribution >= 4 is 11.6 Å². The highest BCUT2D eigenvalue weighted by molar-refractivity contribution is 6.11. The maximum atomic E-state index is 13.9. The molecule has 0 radical (unpaired) electrons. The number of hydrogen-bond donors (Lipinski definition) is 1. The zero-order valence-electron chi connectivity index (χ0n) is 13.3. The molecule has 1 aromatic heterocycles. The first-order chi connectivity index (χ1) is 11.9. The van der Waals surface area contributed by atoms with Crippen LogP contribution in [0.5, 0.6) is 0 Å². The third kappa shape index (κ3) is 3.06. The standard InChI is InChI=1S/C19H14F2N2O2/c1-11-3-2-4-13(9-11)23-17(24)8-7-15(19(23)22)18(25)14-6-5-12(20)10-16(14)21/h2-10H,22H2,1H3. The maximum Gasteiger partial charge on any atom is 0.256 e. The Hall–Kier alpha value is -3.28. The van der Waals surface area contributed by atoms with Crippen LogP contribution in [-0.2, 0) is 0 Å². The summed E-state index contributed by atoms with van der Waals surface area (Å²) in [4.78, 5) is 24.8. The van der Waals surface area contributed by atoms with Gasteiger partial charge >= 0.3 is 0 Å². The van der Waals surface area contributed by atoms with Gasteiger partial charge in [-0.2, -0.15) is 0 Å². The van der Waals surface area contributed by atoms with Crippen molar-refractivity contribution in [1.29, 1.82) is 0 Å². The van der Waals surface area contributed by atoms with E-state index < -0.39 is 23.0 Å². The molecule has 2 N–H and O–H groups in total. The lowest BCUT2D eigenvalue weighted by molar-refractivity contribution is 0.103. The second-order valence-corrected chi connectivity index (χ2v) is 5.60. The minimum Gasteiger partial charge on any atom is -0.384 e. The predicted octanol–water partition coefficient (Wildman–Crippen LogP) is 3.24. The summed E-state index contributed by atoms with van der Waals surface area (Å²) in [6.07, 6.45) is 0. The number of pyridine rings is 1. The lowest BCUT2D eigenvalue weighted by Crippen LogP contribution is -2.23. The Morgan fingerprint density at radius 3 is 2.40 bits per heavy atom. The number of benzene rings is 2. The Bertz CT molecular complexity index is 1040. The van der Waals surface area contributed by atoms with Gasteiger partial charge in [0.05, 0.1) is 16.8 Å². The van der Waals surface area contributed by atoms with E-state index in [9.17, 15) is 18.4 Å². The Morgan fingerprint density at radius 2 is 1.72 bits per heavy atom. The molecular weight excluding hydrogens is 326 g/mol. The predicted molar refractivity (Wildman–Crippen MR) is 91.0 cm³/mol. The topological polar surface area (TPSA) is 65.1 Å². The summed E-state index contributed by atoms with van der Waals surface area (Å²) >= 11 is 0.